The van der Waals surface area contributed by atoms with Crippen LogP contribution in [0.2, 0.25) is 0 Å². The topological polar surface area (TPSA) is 44.5 Å². The predicted octanol–water partition coefficient (Wildman–Crippen LogP) is 2.27. The third kappa shape index (κ3) is 1.87. The molecule has 2 aliphatic carbocycles. The predicted molar refractivity (Wildman–Crippen MR) is 69.0 cm³/mol. The van der Waals surface area contributed by atoms with Gasteiger partial charge in [-0.25, -0.2) is 0 Å². The Bertz CT molecular complexity index is 489. The van der Waals surface area contributed by atoms with Gasteiger partial charge in [0.05, 0.1) is 13.2 Å². The monoisotopic (exact) mass is 245 g/mol. The molecule has 1 aromatic carbocycles. The summed E-state index contributed by atoms with van der Waals surface area (Å²) in [6.45, 7) is 1.61. The van der Waals surface area contributed by atoms with Crippen LogP contribution in [0.3, 0.4) is 0 Å². The van der Waals surface area contributed by atoms with Gasteiger partial charge < -0.3 is 15.2 Å². The molecule has 3 aliphatic rings. The Kier molecular flexibility index (Phi) is 2.03. The molecule has 1 heterocycles. The molecule has 0 amide bonds. The SMILES string of the molecule is NC1(Cc2ccc3c(c2)OCC2(CC2)CO3)CC1. The van der Waals surface area contributed by atoms with Crippen molar-refractivity contribution in [3.63, 3.8) is 0 Å². The Hall–Kier alpha value is -1.22. The van der Waals surface area contributed by atoms with Crippen LogP contribution in [0.5, 0.6) is 11.5 Å². The Morgan fingerprint density at radius 2 is 1.72 bits per heavy atom. The van der Waals surface area contributed by atoms with E-state index in [1.807, 2.05) is 6.07 Å². The first kappa shape index (κ1) is 10.7. The highest BCUT2D eigenvalue weighted by Gasteiger charge is 2.46. The van der Waals surface area contributed by atoms with E-state index in [2.05, 4.69) is 12.1 Å². The smallest absolute Gasteiger partial charge is 0.161 e. The van der Waals surface area contributed by atoms with Crippen LogP contribution < -0.4 is 15.2 Å². The van der Waals surface area contributed by atoms with E-state index in [1.54, 1.807) is 0 Å². The maximum Gasteiger partial charge on any atom is 0.161 e. The van der Waals surface area contributed by atoms with Gasteiger partial charge in [0, 0.05) is 11.0 Å². The van der Waals surface area contributed by atoms with Gasteiger partial charge in [0.1, 0.15) is 0 Å². The summed E-state index contributed by atoms with van der Waals surface area (Å²) in [5, 5.41) is 0. The highest BCUT2D eigenvalue weighted by Crippen LogP contribution is 2.49. The lowest BCUT2D eigenvalue weighted by molar-refractivity contribution is 0.197. The molecule has 2 fully saturated rings. The van der Waals surface area contributed by atoms with E-state index >= 15 is 0 Å². The van der Waals surface area contributed by atoms with Gasteiger partial charge in [-0.05, 0) is 49.8 Å². The van der Waals surface area contributed by atoms with Gasteiger partial charge in [0.25, 0.3) is 0 Å². The molecular formula is C15H19NO2. The molecule has 0 bridgehead atoms. The molecule has 0 aromatic heterocycles. The van der Waals surface area contributed by atoms with Crippen molar-refractivity contribution in [1.82, 2.24) is 0 Å². The molecule has 3 heteroatoms. The van der Waals surface area contributed by atoms with E-state index < -0.39 is 0 Å². The van der Waals surface area contributed by atoms with E-state index in [-0.39, 0.29) is 5.54 Å². The molecule has 0 saturated heterocycles. The number of benzene rings is 1. The fraction of sp³-hybridized carbons (Fsp3) is 0.600. The highest BCUT2D eigenvalue weighted by molar-refractivity contribution is 5.44. The Morgan fingerprint density at radius 1 is 1.00 bits per heavy atom. The van der Waals surface area contributed by atoms with E-state index in [0.717, 1.165) is 44.0 Å². The van der Waals surface area contributed by atoms with Crippen molar-refractivity contribution >= 4 is 0 Å². The minimum absolute atomic E-state index is 0.0531. The summed E-state index contributed by atoms with van der Waals surface area (Å²) in [5.74, 6) is 1.80. The average Bonchev–Trinajstić information content (AvgIpc) is 3.25. The molecule has 0 unspecified atom stereocenters. The largest absolute Gasteiger partial charge is 0.489 e. The lowest BCUT2D eigenvalue weighted by Crippen LogP contribution is -2.24. The summed E-state index contributed by atoms with van der Waals surface area (Å²) in [4.78, 5) is 0. The summed E-state index contributed by atoms with van der Waals surface area (Å²) in [7, 11) is 0. The lowest BCUT2D eigenvalue weighted by Gasteiger charge is -2.12. The van der Waals surface area contributed by atoms with Crippen molar-refractivity contribution in [2.45, 2.75) is 37.6 Å². The molecule has 96 valence electrons. The molecule has 18 heavy (non-hydrogen) atoms. The average molecular weight is 245 g/mol. The van der Waals surface area contributed by atoms with Gasteiger partial charge in [0.2, 0.25) is 0 Å². The third-order valence-corrected chi connectivity index (χ3v) is 4.48. The second-order valence-corrected chi connectivity index (χ2v) is 6.40. The summed E-state index contributed by atoms with van der Waals surface area (Å²) < 4.78 is 11.8. The van der Waals surface area contributed by atoms with Gasteiger partial charge in [0.15, 0.2) is 11.5 Å². The van der Waals surface area contributed by atoms with Gasteiger partial charge in [-0.15, -0.1) is 0 Å². The first-order valence-corrected chi connectivity index (χ1v) is 6.84. The first-order chi connectivity index (χ1) is 8.67. The van der Waals surface area contributed by atoms with Crippen LogP contribution >= 0.6 is 0 Å². The zero-order valence-electron chi connectivity index (χ0n) is 10.6. The molecule has 0 radical (unpaired) electrons. The fourth-order valence-corrected chi connectivity index (χ4v) is 2.61. The van der Waals surface area contributed by atoms with Crippen LogP contribution in [0.25, 0.3) is 0 Å². The Balaban J connectivity index is 1.57. The van der Waals surface area contributed by atoms with Crippen molar-refractivity contribution in [3.05, 3.63) is 23.8 Å². The zero-order valence-corrected chi connectivity index (χ0v) is 10.6. The van der Waals surface area contributed by atoms with E-state index in [1.165, 1.54) is 18.4 Å². The number of hydrogen-bond donors (Lipinski definition) is 1. The van der Waals surface area contributed by atoms with Crippen LogP contribution in [-0.4, -0.2) is 18.8 Å². The maximum absolute atomic E-state index is 6.17. The molecule has 1 aliphatic heterocycles. The van der Waals surface area contributed by atoms with Crippen LogP contribution in [0.1, 0.15) is 31.2 Å². The number of hydrogen-bond acceptors (Lipinski definition) is 3. The van der Waals surface area contributed by atoms with Crippen LogP contribution in [0, 0.1) is 5.41 Å². The number of fused-ring (bicyclic) bond motifs is 1. The Labute approximate surface area is 107 Å². The van der Waals surface area contributed by atoms with Crippen molar-refractivity contribution in [1.29, 1.82) is 0 Å². The molecule has 2 N–H and O–H groups in total. The van der Waals surface area contributed by atoms with Crippen molar-refractivity contribution in [2.24, 2.45) is 11.1 Å². The van der Waals surface area contributed by atoms with Crippen molar-refractivity contribution in [2.75, 3.05) is 13.2 Å². The maximum atomic E-state index is 6.17. The molecule has 2 saturated carbocycles. The summed E-state index contributed by atoms with van der Waals surface area (Å²) in [6, 6.07) is 6.28. The molecule has 1 spiro atoms. The number of ether oxygens (including phenoxy) is 2. The Morgan fingerprint density at radius 3 is 2.39 bits per heavy atom. The van der Waals surface area contributed by atoms with E-state index in [4.69, 9.17) is 15.2 Å². The summed E-state index contributed by atoms with van der Waals surface area (Å²) >= 11 is 0. The second-order valence-electron chi connectivity index (χ2n) is 6.40. The van der Waals surface area contributed by atoms with Crippen molar-refractivity contribution < 1.29 is 9.47 Å². The van der Waals surface area contributed by atoms with Gasteiger partial charge >= 0.3 is 0 Å². The normalized spacial score (nSPS) is 25.6. The van der Waals surface area contributed by atoms with Gasteiger partial charge in [-0.1, -0.05) is 6.07 Å². The van der Waals surface area contributed by atoms with Gasteiger partial charge in [-0.2, -0.15) is 0 Å². The highest BCUT2D eigenvalue weighted by atomic mass is 16.5. The zero-order chi connectivity index (χ0) is 12.2. The van der Waals surface area contributed by atoms with E-state index in [0.29, 0.717) is 5.41 Å². The van der Waals surface area contributed by atoms with Crippen LogP contribution in [0.4, 0.5) is 0 Å². The minimum atomic E-state index is 0.0531. The summed E-state index contributed by atoms with van der Waals surface area (Å²) in [6.07, 6.45) is 5.71. The quantitative estimate of drug-likeness (QED) is 0.869. The third-order valence-electron chi connectivity index (χ3n) is 4.48. The molecule has 0 atom stereocenters. The standard InChI is InChI=1S/C15H19NO2/c16-15(5-6-15)8-11-1-2-12-13(7-11)18-10-14(3-4-14)9-17-12/h1-2,7H,3-6,8-10,16H2. The van der Waals surface area contributed by atoms with Crippen molar-refractivity contribution in [3.8, 4) is 11.5 Å². The summed E-state index contributed by atoms with van der Waals surface area (Å²) in [5.41, 5.74) is 7.80. The molecular weight excluding hydrogens is 226 g/mol. The number of nitrogens with two attached hydrogens (primary N) is 1. The van der Waals surface area contributed by atoms with E-state index in [9.17, 15) is 0 Å². The number of rotatable bonds is 2. The molecule has 3 nitrogen and oxygen atoms in total. The van der Waals surface area contributed by atoms with Crippen LogP contribution in [-0.2, 0) is 6.42 Å². The minimum Gasteiger partial charge on any atom is -0.489 e. The lowest BCUT2D eigenvalue weighted by atomic mass is 10.0. The van der Waals surface area contributed by atoms with Crippen LogP contribution in [0.15, 0.2) is 18.2 Å². The molecule has 1 aromatic rings. The van der Waals surface area contributed by atoms with Gasteiger partial charge in [-0.3, -0.25) is 0 Å². The molecule has 4 rings (SSSR count). The first-order valence-electron chi connectivity index (χ1n) is 6.84. The fourth-order valence-electron chi connectivity index (χ4n) is 2.61. The second kappa shape index (κ2) is 3.41.